The van der Waals surface area contributed by atoms with Crippen molar-refractivity contribution < 1.29 is 33.2 Å². The summed E-state index contributed by atoms with van der Waals surface area (Å²) in [6, 6.07) is 0. The van der Waals surface area contributed by atoms with Crippen LogP contribution in [0.2, 0.25) is 0 Å². The zero-order valence-corrected chi connectivity index (χ0v) is 13.7. The zero-order valence-electron chi connectivity index (χ0n) is 13.7. The minimum Gasteiger partial charge on any atom is -0.462 e. The first-order chi connectivity index (χ1) is 10.2. The molecule has 0 bridgehead atoms. The second-order valence-corrected chi connectivity index (χ2v) is 6.79. The molecule has 3 heterocycles. The summed E-state index contributed by atoms with van der Waals surface area (Å²) >= 11 is 0. The van der Waals surface area contributed by atoms with Gasteiger partial charge in [0, 0.05) is 0 Å². The summed E-state index contributed by atoms with van der Waals surface area (Å²) in [5, 5.41) is 0. The number of esters is 1. The molecular weight excluding hydrogens is 292 g/mol. The van der Waals surface area contributed by atoms with Crippen molar-refractivity contribution in [3.05, 3.63) is 0 Å². The van der Waals surface area contributed by atoms with Crippen LogP contribution in [-0.4, -0.2) is 54.9 Å². The second-order valence-electron chi connectivity index (χ2n) is 6.79. The van der Waals surface area contributed by atoms with E-state index in [2.05, 4.69) is 0 Å². The molecule has 4 atom stereocenters. The molecule has 3 saturated heterocycles. The lowest BCUT2D eigenvalue weighted by Gasteiger charge is -2.38. The van der Waals surface area contributed by atoms with E-state index in [9.17, 15) is 4.79 Å². The third-order valence-electron chi connectivity index (χ3n) is 3.91. The fourth-order valence-electron chi connectivity index (χ4n) is 3.10. The van der Waals surface area contributed by atoms with E-state index in [1.54, 1.807) is 13.8 Å². The summed E-state index contributed by atoms with van der Waals surface area (Å²) in [5.74, 6) is -3.87. The normalized spacial score (nSPS) is 41.8. The quantitative estimate of drug-likeness (QED) is 0.727. The highest BCUT2D eigenvalue weighted by Gasteiger charge is 2.71. The van der Waals surface area contributed by atoms with E-state index in [1.165, 1.54) is 0 Å². The maximum Gasteiger partial charge on any atom is 0.370 e. The second kappa shape index (κ2) is 5.14. The molecule has 7 nitrogen and oxygen atoms in total. The topological polar surface area (TPSA) is 72.5 Å². The van der Waals surface area contributed by atoms with Crippen LogP contribution in [0.1, 0.15) is 41.0 Å². The van der Waals surface area contributed by atoms with Gasteiger partial charge in [0.1, 0.15) is 12.2 Å². The number of rotatable bonds is 3. The summed E-state index contributed by atoms with van der Waals surface area (Å²) < 4.78 is 34.4. The Morgan fingerprint density at radius 3 is 2.55 bits per heavy atom. The largest absolute Gasteiger partial charge is 0.462 e. The molecule has 0 aliphatic carbocycles. The van der Waals surface area contributed by atoms with E-state index in [0.717, 1.165) is 6.42 Å². The number of carbonyl (C=O) groups is 1. The minimum absolute atomic E-state index is 0.304. The van der Waals surface area contributed by atoms with Gasteiger partial charge in [0.15, 0.2) is 17.7 Å². The molecule has 0 N–H and O–H groups in total. The summed E-state index contributed by atoms with van der Waals surface area (Å²) in [7, 11) is 0. The van der Waals surface area contributed by atoms with Gasteiger partial charge >= 0.3 is 11.8 Å². The van der Waals surface area contributed by atoms with Gasteiger partial charge in [-0.2, -0.15) is 0 Å². The smallest absolute Gasteiger partial charge is 0.370 e. The highest BCUT2D eigenvalue weighted by Crippen LogP contribution is 2.49. The van der Waals surface area contributed by atoms with Crippen LogP contribution in [0.5, 0.6) is 0 Å². The summed E-state index contributed by atoms with van der Waals surface area (Å²) in [6.07, 6.45) is -0.834. The molecule has 0 aromatic carbocycles. The van der Waals surface area contributed by atoms with E-state index in [-0.39, 0.29) is 0 Å². The fraction of sp³-hybridized carbons (Fsp3) is 0.933. The van der Waals surface area contributed by atoms with Crippen molar-refractivity contribution in [2.75, 3.05) is 13.2 Å². The van der Waals surface area contributed by atoms with Gasteiger partial charge in [-0.3, -0.25) is 0 Å². The van der Waals surface area contributed by atoms with Crippen molar-refractivity contribution in [2.24, 2.45) is 0 Å². The summed E-state index contributed by atoms with van der Waals surface area (Å²) in [4.78, 5) is 12.6. The van der Waals surface area contributed by atoms with Crippen molar-refractivity contribution in [3.8, 4) is 0 Å². The molecule has 126 valence electrons. The van der Waals surface area contributed by atoms with Crippen molar-refractivity contribution in [2.45, 2.75) is 76.7 Å². The molecule has 3 aliphatic heterocycles. The van der Waals surface area contributed by atoms with E-state index in [4.69, 9.17) is 28.4 Å². The molecule has 22 heavy (non-hydrogen) atoms. The summed E-state index contributed by atoms with van der Waals surface area (Å²) in [5.41, 5.74) is 0. The van der Waals surface area contributed by atoms with E-state index < -0.39 is 41.6 Å². The standard InChI is InChI=1S/C15H24O7/c1-6-7-17-12(16)15-11(21-14(4,5)22-15)10-9(19-15)8-18-13(2,3)20-10/h9-11H,6-8H2,1-5H3. The van der Waals surface area contributed by atoms with Crippen LogP contribution in [0.3, 0.4) is 0 Å². The molecule has 4 unspecified atom stereocenters. The molecule has 0 amide bonds. The Morgan fingerprint density at radius 1 is 1.14 bits per heavy atom. The van der Waals surface area contributed by atoms with E-state index in [1.807, 2.05) is 20.8 Å². The van der Waals surface area contributed by atoms with Crippen LogP contribution in [0.15, 0.2) is 0 Å². The van der Waals surface area contributed by atoms with Crippen LogP contribution in [0.4, 0.5) is 0 Å². The number of carbonyl (C=O) groups excluding carboxylic acids is 1. The molecule has 0 aromatic heterocycles. The lowest BCUT2D eigenvalue weighted by molar-refractivity contribution is -0.326. The first-order valence-electron chi connectivity index (χ1n) is 7.74. The van der Waals surface area contributed by atoms with Gasteiger partial charge in [-0.25, -0.2) is 4.79 Å². The number of ether oxygens (including phenoxy) is 6. The van der Waals surface area contributed by atoms with Crippen LogP contribution in [-0.2, 0) is 33.2 Å². The molecule has 0 saturated carbocycles. The van der Waals surface area contributed by atoms with Gasteiger partial charge in [-0.15, -0.1) is 0 Å². The van der Waals surface area contributed by atoms with Crippen LogP contribution >= 0.6 is 0 Å². The Morgan fingerprint density at radius 2 is 1.86 bits per heavy atom. The average Bonchev–Trinajstić information content (AvgIpc) is 2.84. The van der Waals surface area contributed by atoms with E-state index in [0.29, 0.717) is 13.2 Å². The Labute approximate surface area is 130 Å². The molecule has 0 aromatic rings. The highest BCUT2D eigenvalue weighted by molar-refractivity contribution is 5.80. The van der Waals surface area contributed by atoms with Crippen molar-refractivity contribution in [3.63, 3.8) is 0 Å². The maximum atomic E-state index is 12.6. The third kappa shape index (κ3) is 2.55. The molecule has 0 radical (unpaired) electrons. The Hall–Kier alpha value is -0.730. The Kier molecular flexibility index (Phi) is 3.77. The van der Waals surface area contributed by atoms with Gasteiger partial charge in [-0.05, 0) is 34.1 Å². The SMILES string of the molecule is CCCOC(=O)C12OC3COC(C)(C)OC3C1OC(C)(C)O2. The first-order valence-corrected chi connectivity index (χ1v) is 7.74. The van der Waals surface area contributed by atoms with Gasteiger partial charge in [0.05, 0.1) is 13.2 Å². The predicted octanol–water partition coefficient (Wildman–Crippen LogP) is 1.34. The van der Waals surface area contributed by atoms with Gasteiger partial charge in [0.2, 0.25) is 0 Å². The minimum atomic E-state index is -1.59. The molecule has 7 heteroatoms. The predicted molar refractivity (Wildman–Crippen MR) is 73.8 cm³/mol. The maximum absolute atomic E-state index is 12.6. The van der Waals surface area contributed by atoms with Gasteiger partial charge in [-0.1, -0.05) is 6.92 Å². The van der Waals surface area contributed by atoms with Crippen LogP contribution in [0, 0.1) is 0 Å². The Bertz CT molecular complexity index is 461. The van der Waals surface area contributed by atoms with Crippen molar-refractivity contribution in [1.82, 2.24) is 0 Å². The Balaban J connectivity index is 1.88. The van der Waals surface area contributed by atoms with E-state index >= 15 is 0 Å². The molecular formula is C15H24O7. The average molecular weight is 316 g/mol. The van der Waals surface area contributed by atoms with Crippen molar-refractivity contribution >= 4 is 5.97 Å². The first kappa shape index (κ1) is 16.1. The number of fused-ring (bicyclic) bond motifs is 3. The molecule has 0 spiro atoms. The molecule has 3 fully saturated rings. The third-order valence-corrected chi connectivity index (χ3v) is 3.91. The highest BCUT2D eigenvalue weighted by atomic mass is 16.9. The number of hydrogen-bond acceptors (Lipinski definition) is 7. The van der Waals surface area contributed by atoms with Gasteiger partial charge < -0.3 is 28.4 Å². The fourth-order valence-corrected chi connectivity index (χ4v) is 3.10. The lowest BCUT2D eigenvalue weighted by Crippen LogP contribution is -2.52. The lowest BCUT2D eigenvalue weighted by atomic mass is 10.0. The van der Waals surface area contributed by atoms with Gasteiger partial charge in [0.25, 0.3) is 0 Å². The zero-order chi connectivity index (χ0) is 16.2. The molecule has 3 aliphatic rings. The summed E-state index contributed by atoms with van der Waals surface area (Å²) in [6.45, 7) is 9.65. The molecule has 3 rings (SSSR count). The van der Waals surface area contributed by atoms with Crippen LogP contribution in [0.25, 0.3) is 0 Å². The number of hydrogen-bond donors (Lipinski definition) is 0. The van der Waals surface area contributed by atoms with Crippen molar-refractivity contribution in [1.29, 1.82) is 0 Å². The monoisotopic (exact) mass is 316 g/mol. The van der Waals surface area contributed by atoms with Crippen LogP contribution < -0.4 is 0 Å².